The van der Waals surface area contributed by atoms with Crippen LogP contribution in [0.4, 0.5) is 5.69 Å². The summed E-state index contributed by atoms with van der Waals surface area (Å²) in [5, 5.41) is 12.4. The minimum Gasteiger partial charge on any atom is -0.478 e. The monoisotopic (exact) mass is 516 g/mol. The van der Waals surface area contributed by atoms with Crippen molar-refractivity contribution < 1.29 is 23.1 Å². The molecule has 1 aliphatic heterocycles. The SMILES string of the molecule is O=C(O)c1ccc(S(=O)(=O)N2Cc3ccccc3C[C@H]2C(=O)Nc2c3c(cc4c2CCC4)CCC3)cc1. The van der Waals surface area contributed by atoms with Crippen LogP contribution in [-0.4, -0.2) is 35.7 Å². The fourth-order valence-electron chi connectivity index (χ4n) is 6.05. The minimum absolute atomic E-state index is 0.00372. The van der Waals surface area contributed by atoms with E-state index in [-0.39, 0.29) is 29.3 Å². The van der Waals surface area contributed by atoms with Crippen molar-refractivity contribution >= 4 is 27.6 Å². The van der Waals surface area contributed by atoms with E-state index in [1.807, 2.05) is 24.3 Å². The normalized spacial score (nSPS) is 18.6. The number of nitrogens with one attached hydrogen (secondary N) is 1. The van der Waals surface area contributed by atoms with Crippen molar-refractivity contribution in [2.45, 2.75) is 62.4 Å². The Morgan fingerprint density at radius 2 is 1.46 bits per heavy atom. The summed E-state index contributed by atoms with van der Waals surface area (Å²) in [4.78, 5) is 25.1. The highest BCUT2D eigenvalue weighted by atomic mass is 32.2. The van der Waals surface area contributed by atoms with Gasteiger partial charge in [0.1, 0.15) is 6.04 Å². The summed E-state index contributed by atoms with van der Waals surface area (Å²) in [5.74, 6) is -1.45. The predicted octanol–water partition coefficient (Wildman–Crippen LogP) is 4.12. The number of fused-ring (bicyclic) bond motifs is 3. The second-order valence-electron chi connectivity index (χ2n) is 10.1. The van der Waals surface area contributed by atoms with Crippen LogP contribution in [0.5, 0.6) is 0 Å². The number of rotatable bonds is 5. The molecule has 1 atom stereocenters. The van der Waals surface area contributed by atoms with Gasteiger partial charge in [0.15, 0.2) is 0 Å². The zero-order valence-corrected chi connectivity index (χ0v) is 21.2. The van der Waals surface area contributed by atoms with Gasteiger partial charge < -0.3 is 10.4 Å². The summed E-state index contributed by atoms with van der Waals surface area (Å²) in [6.07, 6.45) is 6.25. The molecule has 3 aliphatic rings. The predicted molar refractivity (Wildman–Crippen MR) is 139 cm³/mol. The molecule has 0 aromatic heterocycles. The fraction of sp³-hybridized carbons (Fsp3) is 0.310. The maximum absolute atomic E-state index is 13.9. The molecule has 3 aromatic carbocycles. The van der Waals surface area contributed by atoms with E-state index in [9.17, 15) is 23.1 Å². The van der Waals surface area contributed by atoms with Crippen molar-refractivity contribution in [3.8, 4) is 0 Å². The highest BCUT2D eigenvalue weighted by Gasteiger charge is 2.40. The lowest BCUT2D eigenvalue weighted by molar-refractivity contribution is -0.120. The standard InChI is InChI=1S/C29H28N2O5S/c32-28(30-27-24-9-3-7-20(24)15-21-8-4-10-25(21)27)26-16-19-5-1-2-6-22(19)17-31(26)37(35,36)23-13-11-18(12-14-23)29(33)34/h1-2,5-6,11-15,26H,3-4,7-10,16-17H2,(H,30,32)(H,33,34)/t26-/m0/s1. The lowest BCUT2D eigenvalue weighted by Crippen LogP contribution is -2.50. The molecule has 0 fully saturated rings. The first-order chi connectivity index (χ1) is 17.8. The Labute approximate surface area is 216 Å². The van der Waals surface area contributed by atoms with Gasteiger partial charge in [-0.1, -0.05) is 30.3 Å². The third kappa shape index (κ3) is 4.14. The largest absolute Gasteiger partial charge is 0.478 e. The molecule has 1 amide bonds. The van der Waals surface area contributed by atoms with Gasteiger partial charge in [0.25, 0.3) is 0 Å². The molecule has 3 aromatic rings. The zero-order valence-electron chi connectivity index (χ0n) is 20.4. The maximum atomic E-state index is 13.9. The van der Waals surface area contributed by atoms with Crippen LogP contribution in [0.1, 0.15) is 56.6 Å². The highest BCUT2D eigenvalue weighted by Crippen LogP contribution is 2.39. The molecule has 2 aliphatic carbocycles. The number of aryl methyl sites for hydroxylation is 2. The minimum atomic E-state index is -4.08. The van der Waals surface area contributed by atoms with Gasteiger partial charge in [-0.15, -0.1) is 0 Å². The van der Waals surface area contributed by atoms with E-state index in [1.165, 1.54) is 50.8 Å². The number of carbonyl (C=O) groups is 2. The molecular weight excluding hydrogens is 488 g/mol. The highest BCUT2D eigenvalue weighted by molar-refractivity contribution is 7.89. The number of carboxylic acids is 1. The number of sulfonamides is 1. The van der Waals surface area contributed by atoms with Gasteiger partial charge >= 0.3 is 5.97 Å². The lowest BCUT2D eigenvalue weighted by Gasteiger charge is -2.35. The van der Waals surface area contributed by atoms with E-state index in [1.54, 1.807) is 0 Å². The van der Waals surface area contributed by atoms with E-state index in [2.05, 4.69) is 11.4 Å². The number of hydrogen-bond acceptors (Lipinski definition) is 4. The fourth-order valence-corrected chi connectivity index (χ4v) is 7.62. The van der Waals surface area contributed by atoms with E-state index in [0.717, 1.165) is 55.3 Å². The molecule has 0 saturated carbocycles. The number of carbonyl (C=O) groups excluding carboxylic acids is 1. The van der Waals surface area contributed by atoms with Crippen molar-refractivity contribution in [2.24, 2.45) is 0 Å². The van der Waals surface area contributed by atoms with E-state index in [4.69, 9.17) is 0 Å². The van der Waals surface area contributed by atoms with Crippen LogP contribution in [-0.2, 0) is 53.5 Å². The lowest BCUT2D eigenvalue weighted by atomic mass is 9.94. The zero-order chi connectivity index (χ0) is 25.7. The number of anilines is 1. The summed E-state index contributed by atoms with van der Waals surface area (Å²) in [5.41, 5.74) is 7.71. The third-order valence-electron chi connectivity index (χ3n) is 7.94. The molecule has 0 bridgehead atoms. The first-order valence-electron chi connectivity index (χ1n) is 12.7. The number of benzene rings is 3. The summed E-state index contributed by atoms with van der Waals surface area (Å²) in [6, 6.07) is 14.1. The van der Waals surface area contributed by atoms with Crippen LogP contribution in [0, 0.1) is 0 Å². The molecule has 0 spiro atoms. The molecular formula is C29H28N2O5S. The first-order valence-corrected chi connectivity index (χ1v) is 14.2. The quantitative estimate of drug-likeness (QED) is 0.531. The number of amides is 1. The number of nitrogens with zero attached hydrogens (tertiary/aromatic N) is 1. The van der Waals surface area contributed by atoms with Gasteiger partial charge in [0.05, 0.1) is 10.5 Å². The molecule has 8 heteroatoms. The van der Waals surface area contributed by atoms with Crippen molar-refractivity contribution in [2.75, 3.05) is 5.32 Å². The summed E-state index contributed by atoms with van der Waals surface area (Å²) in [6.45, 7) is 0.0717. The Bertz CT molecular complexity index is 1500. The van der Waals surface area contributed by atoms with Crippen LogP contribution < -0.4 is 5.32 Å². The first kappa shape index (κ1) is 23.9. The summed E-state index contributed by atoms with van der Waals surface area (Å²) < 4.78 is 28.9. The molecule has 0 saturated heterocycles. The van der Waals surface area contributed by atoms with Crippen LogP contribution >= 0.6 is 0 Å². The Kier molecular flexibility index (Phi) is 5.88. The number of aromatic carboxylic acids is 1. The Morgan fingerprint density at radius 1 is 0.838 bits per heavy atom. The van der Waals surface area contributed by atoms with Crippen molar-refractivity contribution in [1.82, 2.24) is 4.31 Å². The van der Waals surface area contributed by atoms with Gasteiger partial charge in [0.2, 0.25) is 15.9 Å². The smallest absolute Gasteiger partial charge is 0.335 e. The number of hydrogen-bond donors (Lipinski definition) is 2. The maximum Gasteiger partial charge on any atom is 0.335 e. The molecule has 6 rings (SSSR count). The molecule has 37 heavy (non-hydrogen) atoms. The summed E-state index contributed by atoms with van der Waals surface area (Å²) in [7, 11) is -4.08. The molecule has 7 nitrogen and oxygen atoms in total. The average Bonchev–Trinajstić information content (AvgIpc) is 3.57. The molecule has 2 N–H and O–H groups in total. The van der Waals surface area contributed by atoms with Gasteiger partial charge in [0, 0.05) is 12.2 Å². The Morgan fingerprint density at radius 3 is 2.08 bits per heavy atom. The topological polar surface area (TPSA) is 104 Å². The van der Waals surface area contributed by atoms with Crippen LogP contribution in [0.3, 0.4) is 0 Å². The van der Waals surface area contributed by atoms with Gasteiger partial charge in [-0.2, -0.15) is 4.31 Å². The van der Waals surface area contributed by atoms with Gasteiger partial charge in [-0.3, -0.25) is 4.79 Å². The van der Waals surface area contributed by atoms with Crippen LogP contribution in [0.25, 0.3) is 0 Å². The third-order valence-corrected chi connectivity index (χ3v) is 9.81. The Balaban J connectivity index is 1.38. The van der Waals surface area contributed by atoms with E-state index < -0.39 is 22.0 Å². The second-order valence-corrected chi connectivity index (χ2v) is 12.0. The van der Waals surface area contributed by atoms with Crippen LogP contribution in [0.15, 0.2) is 59.5 Å². The van der Waals surface area contributed by atoms with E-state index >= 15 is 0 Å². The second kappa shape index (κ2) is 9.11. The number of carboxylic acid groups (broad SMARTS) is 1. The van der Waals surface area contributed by atoms with Crippen molar-refractivity contribution in [1.29, 1.82) is 0 Å². The van der Waals surface area contributed by atoms with Gasteiger partial charge in [-0.25, -0.2) is 13.2 Å². The van der Waals surface area contributed by atoms with Crippen molar-refractivity contribution in [3.05, 3.63) is 93.5 Å². The van der Waals surface area contributed by atoms with Crippen LogP contribution in [0.2, 0.25) is 0 Å². The summed E-state index contributed by atoms with van der Waals surface area (Å²) >= 11 is 0. The van der Waals surface area contributed by atoms with E-state index in [0.29, 0.717) is 0 Å². The van der Waals surface area contributed by atoms with Crippen molar-refractivity contribution in [3.63, 3.8) is 0 Å². The molecule has 1 heterocycles. The Hall–Kier alpha value is -3.49. The molecule has 0 radical (unpaired) electrons. The van der Waals surface area contributed by atoms with Gasteiger partial charge in [-0.05, 0) is 103 Å². The average molecular weight is 517 g/mol. The molecule has 190 valence electrons. The molecule has 0 unspecified atom stereocenters.